The van der Waals surface area contributed by atoms with E-state index in [1.807, 2.05) is 6.92 Å². The molecule has 3 N–H and O–H groups in total. The van der Waals surface area contributed by atoms with Gasteiger partial charge in [-0.1, -0.05) is 0 Å². The molecule has 0 aromatic carbocycles. The van der Waals surface area contributed by atoms with Gasteiger partial charge in [-0.2, -0.15) is 5.26 Å². The van der Waals surface area contributed by atoms with Gasteiger partial charge in [-0.25, -0.2) is 0 Å². The number of rotatable bonds is 7. The Morgan fingerprint density at radius 3 is 2.55 bits per heavy atom. The van der Waals surface area contributed by atoms with Gasteiger partial charge >= 0.3 is 0 Å². The first-order valence-corrected chi connectivity index (χ1v) is 7.73. The van der Waals surface area contributed by atoms with E-state index in [1.165, 1.54) is 12.8 Å². The van der Waals surface area contributed by atoms with Crippen LogP contribution < -0.4 is 11.1 Å². The van der Waals surface area contributed by atoms with E-state index < -0.39 is 0 Å². The summed E-state index contributed by atoms with van der Waals surface area (Å²) in [4.78, 5) is 13.5. The zero-order chi connectivity index (χ0) is 14.6. The van der Waals surface area contributed by atoms with Crippen molar-refractivity contribution in [1.82, 2.24) is 10.2 Å². The number of primary amides is 1. The summed E-state index contributed by atoms with van der Waals surface area (Å²) in [6.07, 6.45) is 6.08. The van der Waals surface area contributed by atoms with Crippen LogP contribution in [0.15, 0.2) is 0 Å². The summed E-state index contributed by atoms with van der Waals surface area (Å²) < 4.78 is 0. The summed E-state index contributed by atoms with van der Waals surface area (Å²) >= 11 is 0. The minimum Gasteiger partial charge on any atom is -0.369 e. The summed E-state index contributed by atoms with van der Waals surface area (Å²) in [5.74, 6) is -0.0949. The summed E-state index contributed by atoms with van der Waals surface area (Å²) in [5.41, 5.74) is 4.96. The fourth-order valence-electron chi connectivity index (χ4n) is 2.94. The highest BCUT2D eigenvalue weighted by molar-refractivity contribution is 5.76. The number of likely N-dealkylation sites (tertiary alicyclic amines) is 1. The van der Waals surface area contributed by atoms with E-state index in [4.69, 9.17) is 5.73 Å². The summed E-state index contributed by atoms with van der Waals surface area (Å²) in [6, 6.07) is 2.98. The molecular formula is C15H26N4O. The van der Waals surface area contributed by atoms with Crippen LogP contribution in [0.5, 0.6) is 0 Å². The van der Waals surface area contributed by atoms with Crippen LogP contribution in [0.3, 0.4) is 0 Å². The number of amides is 1. The van der Waals surface area contributed by atoms with Crippen LogP contribution >= 0.6 is 0 Å². The molecule has 0 bridgehead atoms. The van der Waals surface area contributed by atoms with Crippen molar-refractivity contribution in [3.8, 4) is 6.07 Å². The van der Waals surface area contributed by atoms with Gasteiger partial charge in [0.05, 0.1) is 6.07 Å². The van der Waals surface area contributed by atoms with Crippen molar-refractivity contribution in [1.29, 1.82) is 5.26 Å². The number of nitrogens with two attached hydrogens (primary N) is 1. The summed E-state index contributed by atoms with van der Waals surface area (Å²) in [6.45, 7) is 4.92. The lowest BCUT2D eigenvalue weighted by atomic mass is 9.94. The molecule has 2 fully saturated rings. The Hall–Kier alpha value is -1.12. The number of nitriles is 1. The molecule has 2 rings (SSSR count). The molecule has 1 saturated carbocycles. The number of hydrogen-bond acceptors (Lipinski definition) is 4. The van der Waals surface area contributed by atoms with Crippen molar-refractivity contribution in [3.63, 3.8) is 0 Å². The van der Waals surface area contributed by atoms with Crippen molar-refractivity contribution >= 4 is 5.91 Å². The number of hydrogen-bond donors (Lipinski definition) is 2. The number of nitrogens with one attached hydrogen (secondary N) is 1. The van der Waals surface area contributed by atoms with Crippen LogP contribution in [0.25, 0.3) is 0 Å². The molecule has 1 aliphatic heterocycles. The maximum atomic E-state index is 11.1. The lowest BCUT2D eigenvalue weighted by Gasteiger charge is -2.31. The molecule has 2 aliphatic rings. The van der Waals surface area contributed by atoms with Gasteiger partial charge in [0.25, 0.3) is 0 Å². The van der Waals surface area contributed by atoms with Crippen molar-refractivity contribution in [2.45, 2.75) is 57.0 Å². The van der Waals surface area contributed by atoms with Crippen LogP contribution in [0.1, 0.15) is 45.4 Å². The fraction of sp³-hybridized carbons (Fsp3) is 0.867. The van der Waals surface area contributed by atoms with E-state index in [0.29, 0.717) is 6.04 Å². The van der Waals surface area contributed by atoms with Crippen LogP contribution in [0.2, 0.25) is 0 Å². The predicted octanol–water partition coefficient (Wildman–Crippen LogP) is 0.998. The Balaban J connectivity index is 1.65. The zero-order valence-electron chi connectivity index (χ0n) is 12.4. The molecule has 0 aromatic heterocycles. The quantitative estimate of drug-likeness (QED) is 0.728. The van der Waals surface area contributed by atoms with Crippen molar-refractivity contribution < 1.29 is 4.79 Å². The molecule has 1 amide bonds. The molecule has 1 saturated heterocycles. The third-order valence-electron chi connectivity index (χ3n) is 4.49. The highest BCUT2D eigenvalue weighted by Gasteiger charge is 2.32. The third-order valence-corrected chi connectivity index (χ3v) is 4.49. The highest BCUT2D eigenvalue weighted by atomic mass is 16.1. The lowest BCUT2D eigenvalue weighted by molar-refractivity contribution is -0.123. The second-order valence-electron chi connectivity index (χ2n) is 6.48. The third kappa shape index (κ3) is 4.46. The van der Waals surface area contributed by atoms with Gasteiger partial charge in [0.15, 0.2) is 0 Å². The first-order chi connectivity index (χ1) is 9.52. The van der Waals surface area contributed by atoms with E-state index in [9.17, 15) is 10.1 Å². The minimum absolute atomic E-state index is 0.0622. The average molecular weight is 278 g/mol. The predicted molar refractivity (Wildman–Crippen MR) is 77.8 cm³/mol. The first kappa shape index (κ1) is 15.3. The number of carbonyl (C=O) groups excluding carboxylic acids is 1. The standard InChI is InChI=1S/C15H26N4O/c1-15(11-16,18-13-3-4-13)7-2-8-19-9-5-12(6-10-19)14(17)20/h12-13,18H,2-10H2,1H3,(H2,17,20). The van der Waals surface area contributed by atoms with Crippen molar-refractivity contribution in [2.24, 2.45) is 11.7 Å². The van der Waals surface area contributed by atoms with Gasteiger partial charge in [0, 0.05) is 12.0 Å². The van der Waals surface area contributed by atoms with E-state index >= 15 is 0 Å². The molecule has 1 atom stereocenters. The maximum Gasteiger partial charge on any atom is 0.220 e. The molecule has 1 unspecified atom stereocenters. The van der Waals surface area contributed by atoms with Gasteiger partial charge in [-0.3, -0.25) is 10.1 Å². The SMILES string of the molecule is CC(C#N)(CCCN1CCC(C(N)=O)CC1)NC1CC1. The Bertz CT molecular complexity index is 380. The van der Waals surface area contributed by atoms with Gasteiger partial charge in [0.1, 0.15) is 5.54 Å². The fourth-order valence-corrected chi connectivity index (χ4v) is 2.94. The Labute approximate surface area is 121 Å². The zero-order valence-corrected chi connectivity index (χ0v) is 12.4. The topological polar surface area (TPSA) is 82.2 Å². The summed E-state index contributed by atoms with van der Waals surface area (Å²) in [7, 11) is 0. The second kappa shape index (κ2) is 6.55. The van der Waals surface area contributed by atoms with Gasteiger partial charge < -0.3 is 10.6 Å². The lowest BCUT2D eigenvalue weighted by Crippen LogP contribution is -2.43. The smallest absolute Gasteiger partial charge is 0.220 e. The summed E-state index contributed by atoms with van der Waals surface area (Å²) in [5, 5.41) is 12.8. The van der Waals surface area contributed by atoms with Crippen LogP contribution in [-0.2, 0) is 4.79 Å². The second-order valence-corrected chi connectivity index (χ2v) is 6.48. The van der Waals surface area contributed by atoms with Crippen LogP contribution in [-0.4, -0.2) is 42.0 Å². The van der Waals surface area contributed by atoms with E-state index in [1.54, 1.807) is 0 Å². The van der Waals surface area contributed by atoms with E-state index in [-0.39, 0.29) is 17.4 Å². The minimum atomic E-state index is -0.382. The monoisotopic (exact) mass is 278 g/mol. The van der Waals surface area contributed by atoms with Crippen LogP contribution in [0.4, 0.5) is 0 Å². The number of carbonyl (C=O) groups is 1. The number of nitrogens with zero attached hydrogens (tertiary/aromatic N) is 2. The largest absolute Gasteiger partial charge is 0.369 e. The highest BCUT2D eigenvalue weighted by Crippen LogP contribution is 2.25. The molecule has 1 heterocycles. The van der Waals surface area contributed by atoms with Crippen molar-refractivity contribution in [2.75, 3.05) is 19.6 Å². The van der Waals surface area contributed by atoms with Crippen LogP contribution in [0, 0.1) is 17.2 Å². The first-order valence-electron chi connectivity index (χ1n) is 7.73. The van der Waals surface area contributed by atoms with Gasteiger partial charge in [0.2, 0.25) is 5.91 Å². The Morgan fingerprint density at radius 2 is 2.05 bits per heavy atom. The van der Waals surface area contributed by atoms with Gasteiger partial charge in [-0.05, 0) is 65.1 Å². The normalized spacial score (nSPS) is 24.0. The van der Waals surface area contributed by atoms with E-state index in [0.717, 1.165) is 45.3 Å². The molecule has 0 aromatic rings. The number of piperidine rings is 1. The molecule has 5 nitrogen and oxygen atoms in total. The molecule has 0 spiro atoms. The molecular weight excluding hydrogens is 252 g/mol. The maximum absolute atomic E-state index is 11.1. The van der Waals surface area contributed by atoms with Crippen molar-refractivity contribution in [3.05, 3.63) is 0 Å². The average Bonchev–Trinajstić information content (AvgIpc) is 3.23. The molecule has 5 heteroatoms. The molecule has 1 aliphatic carbocycles. The Morgan fingerprint density at radius 1 is 1.40 bits per heavy atom. The molecule has 20 heavy (non-hydrogen) atoms. The van der Waals surface area contributed by atoms with Gasteiger partial charge in [-0.15, -0.1) is 0 Å². The Kier molecular flexibility index (Phi) is 5.00. The van der Waals surface area contributed by atoms with E-state index in [2.05, 4.69) is 16.3 Å². The molecule has 112 valence electrons. The molecule has 0 radical (unpaired) electrons.